The lowest BCUT2D eigenvalue weighted by Gasteiger charge is -2.38. The van der Waals surface area contributed by atoms with Crippen molar-refractivity contribution in [1.82, 2.24) is 0 Å². The summed E-state index contributed by atoms with van der Waals surface area (Å²) in [5.74, 6) is 0.371. The van der Waals surface area contributed by atoms with E-state index in [9.17, 15) is 5.11 Å². The largest absolute Gasteiger partial charge is 0.390 e. The predicted molar refractivity (Wildman–Crippen MR) is 58.3 cm³/mol. The van der Waals surface area contributed by atoms with E-state index in [0.717, 1.165) is 51.7 Å². The van der Waals surface area contributed by atoms with Crippen molar-refractivity contribution in [2.24, 2.45) is 5.92 Å². The maximum absolute atomic E-state index is 10.6. The lowest BCUT2D eigenvalue weighted by molar-refractivity contribution is -0.0890. The van der Waals surface area contributed by atoms with Crippen LogP contribution in [0.4, 0.5) is 0 Å². The van der Waals surface area contributed by atoms with Gasteiger partial charge >= 0.3 is 0 Å². The average molecular weight is 200 g/mol. The molecule has 1 N–H and O–H groups in total. The van der Waals surface area contributed by atoms with Crippen LogP contribution in [0.2, 0.25) is 0 Å². The first-order chi connectivity index (χ1) is 6.73. The zero-order valence-electron chi connectivity index (χ0n) is 9.59. The topological polar surface area (TPSA) is 29.5 Å². The lowest BCUT2D eigenvalue weighted by atomic mass is 9.77. The number of hydrogen-bond donors (Lipinski definition) is 1. The molecule has 0 radical (unpaired) electrons. The number of aliphatic hydroxyl groups is 1. The number of hydrogen-bond acceptors (Lipinski definition) is 2. The van der Waals surface area contributed by atoms with Crippen molar-refractivity contribution < 1.29 is 9.84 Å². The van der Waals surface area contributed by atoms with E-state index in [1.807, 2.05) is 0 Å². The van der Waals surface area contributed by atoms with Gasteiger partial charge in [-0.25, -0.2) is 0 Å². The Morgan fingerprint density at radius 2 is 1.93 bits per heavy atom. The van der Waals surface area contributed by atoms with Crippen LogP contribution in [0.3, 0.4) is 0 Å². The molecule has 1 aliphatic heterocycles. The molecule has 14 heavy (non-hydrogen) atoms. The van der Waals surface area contributed by atoms with Gasteiger partial charge in [0.25, 0.3) is 0 Å². The minimum Gasteiger partial charge on any atom is -0.390 e. The van der Waals surface area contributed by atoms with Crippen molar-refractivity contribution in [3.8, 4) is 0 Å². The minimum absolute atomic E-state index is 0.371. The number of ether oxygens (including phenoxy) is 1. The summed E-state index contributed by atoms with van der Waals surface area (Å²) in [5.41, 5.74) is -0.454. The SMILES string of the molecule is CCCC(O)(CCC)C1CCCOC1. The third kappa shape index (κ3) is 2.96. The zero-order valence-corrected chi connectivity index (χ0v) is 9.59. The molecule has 0 aromatic rings. The summed E-state index contributed by atoms with van der Waals surface area (Å²) in [6, 6.07) is 0. The van der Waals surface area contributed by atoms with Gasteiger partial charge in [0.2, 0.25) is 0 Å². The third-order valence-corrected chi connectivity index (χ3v) is 3.29. The van der Waals surface area contributed by atoms with Crippen LogP contribution < -0.4 is 0 Å². The lowest BCUT2D eigenvalue weighted by Crippen LogP contribution is -2.42. The highest BCUT2D eigenvalue weighted by atomic mass is 16.5. The van der Waals surface area contributed by atoms with Gasteiger partial charge in [-0.2, -0.15) is 0 Å². The van der Waals surface area contributed by atoms with Gasteiger partial charge in [-0.05, 0) is 25.7 Å². The van der Waals surface area contributed by atoms with E-state index in [4.69, 9.17) is 4.74 Å². The maximum Gasteiger partial charge on any atom is 0.0697 e. The molecule has 2 nitrogen and oxygen atoms in total. The molecule has 1 rings (SSSR count). The fourth-order valence-electron chi connectivity index (χ4n) is 2.56. The molecular weight excluding hydrogens is 176 g/mol. The summed E-state index contributed by atoms with van der Waals surface area (Å²) >= 11 is 0. The van der Waals surface area contributed by atoms with Crippen molar-refractivity contribution in [2.45, 2.75) is 58.0 Å². The maximum atomic E-state index is 10.6. The molecule has 1 saturated heterocycles. The van der Waals surface area contributed by atoms with E-state index < -0.39 is 5.60 Å². The summed E-state index contributed by atoms with van der Waals surface area (Å²) in [4.78, 5) is 0. The molecule has 1 atom stereocenters. The summed E-state index contributed by atoms with van der Waals surface area (Å²) in [7, 11) is 0. The Morgan fingerprint density at radius 3 is 2.36 bits per heavy atom. The van der Waals surface area contributed by atoms with E-state index in [2.05, 4.69) is 13.8 Å². The molecule has 1 unspecified atom stereocenters. The van der Waals surface area contributed by atoms with Gasteiger partial charge in [0.05, 0.1) is 12.2 Å². The van der Waals surface area contributed by atoms with E-state index in [1.165, 1.54) is 0 Å². The smallest absolute Gasteiger partial charge is 0.0697 e. The highest BCUT2D eigenvalue weighted by molar-refractivity contribution is 4.87. The first-order valence-electron chi connectivity index (χ1n) is 6.03. The van der Waals surface area contributed by atoms with Gasteiger partial charge < -0.3 is 9.84 Å². The molecule has 1 fully saturated rings. The van der Waals surface area contributed by atoms with E-state index in [1.54, 1.807) is 0 Å². The van der Waals surface area contributed by atoms with Gasteiger partial charge in [-0.3, -0.25) is 0 Å². The van der Waals surface area contributed by atoms with Crippen LogP contribution in [0.5, 0.6) is 0 Å². The van der Waals surface area contributed by atoms with Gasteiger partial charge in [0, 0.05) is 12.5 Å². The Hall–Kier alpha value is -0.0800. The van der Waals surface area contributed by atoms with Crippen LogP contribution in [0.15, 0.2) is 0 Å². The molecule has 84 valence electrons. The van der Waals surface area contributed by atoms with Crippen LogP contribution in [0.1, 0.15) is 52.4 Å². The standard InChI is InChI=1S/C12H24O2/c1-3-7-12(13,8-4-2)11-6-5-9-14-10-11/h11,13H,3-10H2,1-2H3. The summed E-state index contributed by atoms with van der Waals surface area (Å²) in [6.45, 7) is 5.93. The van der Waals surface area contributed by atoms with Crippen LogP contribution in [0.25, 0.3) is 0 Å². The van der Waals surface area contributed by atoms with E-state index in [-0.39, 0.29) is 0 Å². The third-order valence-electron chi connectivity index (χ3n) is 3.29. The normalized spacial score (nSPS) is 23.8. The second-order valence-corrected chi connectivity index (χ2v) is 4.52. The average Bonchev–Trinajstić information content (AvgIpc) is 2.20. The molecule has 1 heterocycles. The Bertz CT molecular complexity index is 144. The van der Waals surface area contributed by atoms with Crippen molar-refractivity contribution in [2.75, 3.05) is 13.2 Å². The van der Waals surface area contributed by atoms with Crippen molar-refractivity contribution >= 4 is 0 Å². The van der Waals surface area contributed by atoms with Crippen LogP contribution in [0, 0.1) is 5.92 Å². The van der Waals surface area contributed by atoms with Crippen LogP contribution >= 0.6 is 0 Å². The Morgan fingerprint density at radius 1 is 1.29 bits per heavy atom. The van der Waals surface area contributed by atoms with Crippen LogP contribution in [-0.2, 0) is 4.74 Å². The summed E-state index contributed by atoms with van der Waals surface area (Å²) in [6.07, 6.45) is 6.22. The summed E-state index contributed by atoms with van der Waals surface area (Å²) in [5, 5.41) is 10.6. The molecule has 0 saturated carbocycles. The van der Waals surface area contributed by atoms with Crippen LogP contribution in [-0.4, -0.2) is 23.9 Å². The molecule has 2 heteroatoms. The molecule has 0 aliphatic carbocycles. The Kier molecular flexibility index (Phi) is 4.90. The van der Waals surface area contributed by atoms with Gasteiger partial charge in [0.15, 0.2) is 0 Å². The molecule has 0 aromatic heterocycles. The molecule has 1 aliphatic rings. The Balaban J connectivity index is 2.54. The molecular formula is C12H24O2. The molecule has 0 aromatic carbocycles. The first-order valence-corrected chi connectivity index (χ1v) is 6.03. The zero-order chi connectivity index (χ0) is 10.4. The van der Waals surface area contributed by atoms with Gasteiger partial charge in [-0.1, -0.05) is 26.7 Å². The van der Waals surface area contributed by atoms with Crippen molar-refractivity contribution in [3.05, 3.63) is 0 Å². The van der Waals surface area contributed by atoms with E-state index in [0.29, 0.717) is 5.92 Å². The Labute approximate surface area is 87.7 Å². The summed E-state index contributed by atoms with van der Waals surface area (Å²) < 4.78 is 5.46. The highest BCUT2D eigenvalue weighted by Crippen LogP contribution is 2.33. The molecule has 0 bridgehead atoms. The van der Waals surface area contributed by atoms with Gasteiger partial charge in [0.1, 0.15) is 0 Å². The predicted octanol–water partition coefficient (Wildman–Crippen LogP) is 2.74. The van der Waals surface area contributed by atoms with E-state index >= 15 is 0 Å². The first kappa shape index (κ1) is 12.0. The van der Waals surface area contributed by atoms with Crippen molar-refractivity contribution in [3.63, 3.8) is 0 Å². The van der Waals surface area contributed by atoms with Gasteiger partial charge in [-0.15, -0.1) is 0 Å². The minimum atomic E-state index is -0.454. The second kappa shape index (κ2) is 5.72. The number of rotatable bonds is 5. The second-order valence-electron chi connectivity index (χ2n) is 4.52. The quantitative estimate of drug-likeness (QED) is 0.739. The monoisotopic (exact) mass is 200 g/mol. The molecule has 0 spiro atoms. The van der Waals surface area contributed by atoms with Crippen molar-refractivity contribution in [1.29, 1.82) is 0 Å². The molecule has 0 amide bonds. The highest BCUT2D eigenvalue weighted by Gasteiger charge is 2.35. The fourth-order valence-corrected chi connectivity index (χ4v) is 2.56. The fraction of sp³-hybridized carbons (Fsp3) is 1.00.